The number of carbonyl (C=O) groups excluding carboxylic acids is 1. The minimum atomic E-state index is -0.369. The minimum absolute atomic E-state index is 0.0625. The van der Waals surface area contributed by atoms with Crippen LogP contribution in [0.15, 0.2) is 46.9 Å². The smallest absolute Gasteiger partial charge is 0.242 e. The average Bonchev–Trinajstić information content (AvgIpc) is 3.02. The number of carbonyl (C=O) groups is 1. The van der Waals surface area contributed by atoms with Crippen LogP contribution in [0.4, 0.5) is 10.1 Å². The van der Waals surface area contributed by atoms with Crippen molar-refractivity contribution in [1.82, 2.24) is 10.9 Å². The van der Waals surface area contributed by atoms with Crippen LogP contribution in [0.1, 0.15) is 23.6 Å². The van der Waals surface area contributed by atoms with Gasteiger partial charge in [-0.1, -0.05) is 34.1 Å². The number of anilines is 1. The molecule has 0 radical (unpaired) electrons. The molecule has 0 aliphatic carbocycles. The second-order valence-electron chi connectivity index (χ2n) is 5.63. The van der Waals surface area contributed by atoms with Crippen LogP contribution in [0, 0.1) is 12.7 Å². The summed E-state index contributed by atoms with van der Waals surface area (Å²) < 4.78 is 14.3. The van der Waals surface area contributed by atoms with Gasteiger partial charge in [0.15, 0.2) is 0 Å². The second-order valence-corrected chi connectivity index (χ2v) is 6.55. The molecule has 0 saturated carbocycles. The Morgan fingerprint density at radius 1 is 1.22 bits per heavy atom. The van der Waals surface area contributed by atoms with Crippen molar-refractivity contribution in [2.45, 2.75) is 25.4 Å². The molecule has 6 heteroatoms. The van der Waals surface area contributed by atoms with Gasteiger partial charge < -0.3 is 5.32 Å². The van der Waals surface area contributed by atoms with Crippen molar-refractivity contribution < 1.29 is 9.18 Å². The summed E-state index contributed by atoms with van der Waals surface area (Å²) in [5, 5.41) is 2.79. The van der Waals surface area contributed by atoms with E-state index in [0.717, 1.165) is 15.6 Å². The zero-order chi connectivity index (χ0) is 16.4. The van der Waals surface area contributed by atoms with Crippen molar-refractivity contribution in [2.75, 3.05) is 5.32 Å². The van der Waals surface area contributed by atoms with Crippen LogP contribution in [0.25, 0.3) is 0 Å². The maximum atomic E-state index is 13.3. The fourth-order valence-electron chi connectivity index (χ4n) is 2.59. The van der Waals surface area contributed by atoms with Gasteiger partial charge in [-0.15, -0.1) is 0 Å². The molecule has 120 valence electrons. The predicted octanol–water partition coefficient (Wildman–Crippen LogP) is 3.44. The SMILES string of the molecule is Cc1ccc(F)cc1NC(=O)C1CC(c2ccc(Br)cc2)NN1. The predicted molar refractivity (Wildman–Crippen MR) is 91.3 cm³/mol. The van der Waals surface area contributed by atoms with E-state index in [0.29, 0.717) is 12.1 Å². The lowest BCUT2D eigenvalue weighted by Crippen LogP contribution is -2.39. The molecule has 4 nitrogen and oxygen atoms in total. The summed E-state index contributed by atoms with van der Waals surface area (Å²) >= 11 is 3.41. The lowest BCUT2D eigenvalue weighted by Gasteiger charge is -2.12. The van der Waals surface area contributed by atoms with Crippen molar-refractivity contribution in [3.63, 3.8) is 0 Å². The highest BCUT2D eigenvalue weighted by Gasteiger charge is 2.30. The van der Waals surface area contributed by atoms with Crippen LogP contribution in [0.2, 0.25) is 0 Å². The van der Waals surface area contributed by atoms with Gasteiger partial charge in [-0.25, -0.2) is 15.2 Å². The molecule has 1 fully saturated rings. The van der Waals surface area contributed by atoms with E-state index in [1.165, 1.54) is 12.1 Å². The Balaban J connectivity index is 1.65. The van der Waals surface area contributed by atoms with E-state index in [1.807, 2.05) is 31.2 Å². The number of nitrogens with one attached hydrogen (secondary N) is 3. The molecule has 1 aliphatic rings. The summed E-state index contributed by atoms with van der Waals surface area (Å²) in [7, 11) is 0. The molecule has 1 aliphatic heterocycles. The van der Waals surface area contributed by atoms with Gasteiger partial charge in [0.25, 0.3) is 0 Å². The third-order valence-corrected chi connectivity index (χ3v) is 4.48. The molecule has 0 bridgehead atoms. The summed E-state index contributed by atoms with van der Waals surface area (Å²) in [6.07, 6.45) is 0.627. The number of hydrazine groups is 1. The lowest BCUT2D eigenvalue weighted by atomic mass is 10.0. The molecular weight excluding hydrogens is 361 g/mol. The van der Waals surface area contributed by atoms with Crippen molar-refractivity contribution in [1.29, 1.82) is 0 Å². The number of benzene rings is 2. The first-order chi connectivity index (χ1) is 11.0. The molecule has 1 saturated heterocycles. The van der Waals surface area contributed by atoms with Gasteiger partial charge in [-0.3, -0.25) is 4.79 Å². The van der Waals surface area contributed by atoms with E-state index in [-0.39, 0.29) is 23.8 Å². The van der Waals surface area contributed by atoms with E-state index in [2.05, 4.69) is 32.1 Å². The third-order valence-electron chi connectivity index (χ3n) is 3.95. The lowest BCUT2D eigenvalue weighted by molar-refractivity contribution is -0.117. The molecular formula is C17H17BrFN3O. The molecule has 2 atom stereocenters. The number of halogens is 2. The zero-order valence-corrected chi connectivity index (χ0v) is 14.2. The number of aryl methyl sites for hydroxylation is 1. The molecule has 1 heterocycles. The Morgan fingerprint density at radius 3 is 2.70 bits per heavy atom. The number of amides is 1. The van der Waals surface area contributed by atoms with E-state index in [4.69, 9.17) is 0 Å². The van der Waals surface area contributed by atoms with Crippen molar-refractivity contribution in [2.24, 2.45) is 0 Å². The van der Waals surface area contributed by atoms with Crippen molar-refractivity contribution in [3.8, 4) is 0 Å². The Morgan fingerprint density at radius 2 is 1.96 bits per heavy atom. The van der Waals surface area contributed by atoms with E-state index in [1.54, 1.807) is 6.07 Å². The third kappa shape index (κ3) is 3.77. The molecule has 2 unspecified atom stereocenters. The van der Waals surface area contributed by atoms with Gasteiger partial charge >= 0.3 is 0 Å². The van der Waals surface area contributed by atoms with E-state index >= 15 is 0 Å². The monoisotopic (exact) mass is 377 g/mol. The topological polar surface area (TPSA) is 53.2 Å². The normalized spacial score (nSPS) is 20.5. The van der Waals surface area contributed by atoms with Crippen LogP contribution < -0.4 is 16.2 Å². The molecule has 1 amide bonds. The van der Waals surface area contributed by atoms with Crippen LogP contribution in [0.3, 0.4) is 0 Å². The Bertz CT molecular complexity index is 720. The molecule has 23 heavy (non-hydrogen) atoms. The zero-order valence-electron chi connectivity index (χ0n) is 12.6. The van der Waals surface area contributed by atoms with Crippen LogP contribution >= 0.6 is 15.9 Å². The first-order valence-electron chi connectivity index (χ1n) is 7.36. The Labute approximate surface area is 142 Å². The first-order valence-corrected chi connectivity index (χ1v) is 8.16. The van der Waals surface area contributed by atoms with Crippen LogP contribution in [0.5, 0.6) is 0 Å². The Kier molecular flexibility index (Phi) is 4.75. The molecule has 3 N–H and O–H groups in total. The van der Waals surface area contributed by atoms with Crippen molar-refractivity contribution >= 4 is 27.5 Å². The van der Waals surface area contributed by atoms with Gasteiger partial charge in [-0.2, -0.15) is 0 Å². The van der Waals surface area contributed by atoms with Crippen molar-refractivity contribution in [3.05, 3.63) is 63.9 Å². The highest BCUT2D eigenvalue weighted by Crippen LogP contribution is 2.25. The molecule has 0 aromatic heterocycles. The second kappa shape index (κ2) is 6.78. The molecule has 2 aromatic rings. The van der Waals surface area contributed by atoms with Crippen LogP contribution in [-0.4, -0.2) is 11.9 Å². The summed E-state index contributed by atoms with van der Waals surface area (Å²) in [4.78, 5) is 12.4. The number of hydrogen-bond acceptors (Lipinski definition) is 3. The highest BCUT2D eigenvalue weighted by molar-refractivity contribution is 9.10. The number of rotatable bonds is 3. The van der Waals surface area contributed by atoms with E-state index in [9.17, 15) is 9.18 Å². The largest absolute Gasteiger partial charge is 0.324 e. The average molecular weight is 378 g/mol. The first kappa shape index (κ1) is 16.1. The number of hydrogen-bond donors (Lipinski definition) is 3. The van der Waals surface area contributed by atoms with Gasteiger partial charge in [0.1, 0.15) is 11.9 Å². The van der Waals surface area contributed by atoms with Gasteiger partial charge in [0.2, 0.25) is 5.91 Å². The molecule has 3 rings (SSSR count). The van der Waals surface area contributed by atoms with Gasteiger partial charge in [0, 0.05) is 16.2 Å². The Hall–Kier alpha value is -1.76. The molecule has 0 spiro atoms. The maximum Gasteiger partial charge on any atom is 0.242 e. The molecule has 2 aromatic carbocycles. The summed E-state index contributed by atoms with van der Waals surface area (Å²) in [6, 6.07) is 12.0. The van der Waals surface area contributed by atoms with E-state index < -0.39 is 0 Å². The fraction of sp³-hybridized carbons (Fsp3) is 0.235. The highest BCUT2D eigenvalue weighted by atomic mass is 79.9. The fourth-order valence-corrected chi connectivity index (χ4v) is 2.85. The summed E-state index contributed by atoms with van der Waals surface area (Å²) in [6.45, 7) is 1.83. The van der Waals surface area contributed by atoms with Crippen LogP contribution in [-0.2, 0) is 4.79 Å². The quantitative estimate of drug-likeness (QED) is 0.767. The summed E-state index contributed by atoms with van der Waals surface area (Å²) in [5.74, 6) is -0.540. The summed E-state index contributed by atoms with van der Waals surface area (Å²) in [5.41, 5.74) is 8.58. The standard InChI is InChI=1S/C17H17BrFN3O/c1-10-2-7-13(19)8-14(10)20-17(23)16-9-15(21-22-16)11-3-5-12(18)6-4-11/h2-8,15-16,21-22H,9H2,1H3,(H,20,23). The van der Waals surface area contributed by atoms with Gasteiger partial charge in [-0.05, 0) is 48.7 Å². The maximum absolute atomic E-state index is 13.3. The van der Waals surface area contributed by atoms with Gasteiger partial charge in [0.05, 0.1) is 0 Å². The minimum Gasteiger partial charge on any atom is -0.324 e.